The molecule has 2 amide bonds. The minimum Gasteiger partial charge on any atom is -0.480 e. The number of benzene rings is 1. The number of hydrogen-bond acceptors (Lipinski definition) is 4. The van der Waals surface area contributed by atoms with E-state index >= 15 is 0 Å². The standard InChI is InChI=1S/C19H15FN4O2/c20-14-3-1-2-13(12-14)16-4-5-17-18(23-16)24(10-11-26-17)19(25)22-15-6-8-21-9-7-15/h1-9,12H,10-11H2,(H,21,22,25)/p+1. The van der Waals surface area contributed by atoms with Crippen LogP contribution in [0.3, 0.4) is 0 Å². The molecule has 2 N–H and O–H groups in total. The molecular formula is C19H16FN4O2+. The van der Waals surface area contributed by atoms with Gasteiger partial charge in [0.25, 0.3) is 5.82 Å². The maximum atomic E-state index is 13.5. The largest absolute Gasteiger partial charge is 0.480 e. The van der Waals surface area contributed by atoms with Crippen molar-refractivity contribution in [2.45, 2.75) is 0 Å². The van der Waals surface area contributed by atoms with Crippen molar-refractivity contribution >= 4 is 17.5 Å². The van der Waals surface area contributed by atoms with Crippen LogP contribution in [0.4, 0.5) is 20.7 Å². The topological polar surface area (TPSA) is 68.5 Å². The first-order chi connectivity index (χ1) is 12.7. The number of nitrogens with zero attached hydrogens (tertiary/aromatic N) is 2. The Balaban J connectivity index is 1.66. The Morgan fingerprint density at radius 3 is 2.81 bits per heavy atom. The van der Waals surface area contributed by atoms with E-state index in [4.69, 9.17) is 4.74 Å². The first kappa shape index (κ1) is 16.2. The van der Waals surface area contributed by atoms with Gasteiger partial charge < -0.3 is 4.74 Å². The Hall–Kier alpha value is -3.32. The molecule has 130 valence electrons. The van der Waals surface area contributed by atoms with E-state index in [9.17, 15) is 9.18 Å². The van der Waals surface area contributed by atoms with Crippen molar-refractivity contribution in [3.63, 3.8) is 0 Å². The van der Waals surface area contributed by atoms with Gasteiger partial charge >= 0.3 is 6.03 Å². The fourth-order valence-electron chi connectivity index (χ4n) is 2.83. The van der Waals surface area contributed by atoms with Crippen molar-refractivity contribution in [3.8, 4) is 17.0 Å². The number of carbonyl (C=O) groups excluding carboxylic acids is 1. The highest BCUT2D eigenvalue weighted by Gasteiger charge is 2.32. The van der Waals surface area contributed by atoms with Crippen LogP contribution in [-0.4, -0.2) is 29.2 Å². The normalized spacial score (nSPS) is 15.7. The predicted octanol–water partition coefficient (Wildman–Crippen LogP) is 2.42. The average Bonchev–Trinajstić information content (AvgIpc) is 2.68. The molecular weight excluding hydrogens is 335 g/mol. The van der Waals surface area contributed by atoms with Crippen LogP contribution in [0, 0.1) is 5.82 Å². The average molecular weight is 351 g/mol. The highest BCUT2D eigenvalue weighted by molar-refractivity contribution is 5.84. The third kappa shape index (κ3) is 3.25. The molecule has 0 saturated heterocycles. The van der Waals surface area contributed by atoms with Crippen molar-refractivity contribution in [2.24, 2.45) is 0 Å². The number of ether oxygens (including phenoxy) is 1. The lowest BCUT2D eigenvalue weighted by Crippen LogP contribution is -3.12. The number of quaternary nitrogens is 1. The maximum Gasteiger partial charge on any atom is 0.425 e. The van der Waals surface area contributed by atoms with E-state index in [1.807, 2.05) is 0 Å². The van der Waals surface area contributed by atoms with Crippen molar-refractivity contribution in [2.75, 3.05) is 18.5 Å². The van der Waals surface area contributed by atoms with Gasteiger partial charge in [0.05, 0.1) is 5.69 Å². The van der Waals surface area contributed by atoms with Crippen LogP contribution in [0.15, 0.2) is 60.9 Å². The molecule has 3 aromatic rings. The van der Waals surface area contributed by atoms with E-state index in [1.54, 1.807) is 48.8 Å². The predicted molar refractivity (Wildman–Crippen MR) is 93.9 cm³/mol. The van der Waals surface area contributed by atoms with Crippen molar-refractivity contribution in [1.29, 1.82) is 0 Å². The van der Waals surface area contributed by atoms with Gasteiger partial charge in [-0.05, 0) is 36.4 Å². The molecule has 0 bridgehead atoms. The molecule has 7 heteroatoms. The number of fused-ring (bicyclic) bond motifs is 1. The number of pyridine rings is 2. The van der Waals surface area contributed by atoms with Crippen LogP contribution in [0.1, 0.15) is 0 Å². The summed E-state index contributed by atoms with van der Waals surface area (Å²) in [5, 5.41) is 2.85. The number of nitrogens with one attached hydrogen (secondary N) is 2. The summed E-state index contributed by atoms with van der Waals surface area (Å²) in [6.07, 6.45) is 3.22. The number of carbonyl (C=O) groups is 1. The number of urea groups is 1. The summed E-state index contributed by atoms with van der Waals surface area (Å²) < 4.78 is 19.1. The highest BCUT2D eigenvalue weighted by atomic mass is 19.1. The van der Waals surface area contributed by atoms with Gasteiger partial charge in [-0.15, -0.1) is 0 Å². The zero-order valence-electron chi connectivity index (χ0n) is 13.8. The van der Waals surface area contributed by atoms with Crippen LogP contribution >= 0.6 is 0 Å². The second-order valence-corrected chi connectivity index (χ2v) is 5.82. The molecule has 0 fully saturated rings. The minimum absolute atomic E-state index is 0.232. The molecule has 0 aliphatic carbocycles. The Kier molecular flexibility index (Phi) is 4.28. The Morgan fingerprint density at radius 2 is 2.00 bits per heavy atom. The molecule has 0 saturated carbocycles. The zero-order valence-corrected chi connectivity index (χ0v) is 13.8. The van der Waals surface area contributed by atoms with E-state index in [-0.39, 0.29) is 11.8 Å². The van der Waals surface area contributed by atoms with Crippen LogP contribution in [-0.2, 0) is 0 Å². The lowest BCUT2D eigenvalue weighted by Gasteiger charge is -2.23. The quantitative estimate of drug-likeness (QED) is 0.744. The van der Waals surface area contributed by atoms with Crippen molar-refractivity contribution < 1.29 is 18.8 Å². The minimum atomic E-state index is -0.335. The molecule has 0 radical (unpaired) electrons. The summed E-state index contributed by atoms with van der Waals surface area (Å²) in [7, 11) is 0. The summed E-state index contributed by atoms with van der Waals surface area (Å²) in [5.74, 6) is 0.707. The Bertz CT molecular complexity index is 949. The van der Waals surface area contributed by atoms with Crippen molar-refractivity contribution in [3.05, 3.63) is 66.7 Å². The van der Waals surface area contributed by atoms with E-state index < -0.39 is 0 Å². The Morgan fingerprint density at radius 1 is 1.15 bits per heavy atom. The lowest BCUT2D eigenvalue weighted by molar-refractivity contribution is -0.747. The second-order valence-electron chi connectivity index (χ2n) is 5.82. The molecule has 2 aromatic heterocycles. The van der Waals surface area contributed by atoms with Gasteiger partial charge in [0.2, 0.25) is 5.75 Å². The SMILES string of the molecule is O=C(Nc1ccncc1)[NH+]1CCOc2ccc(-c3cccc(F)c3)nc21. The molecule has 0 spiro atoms. The molecule has 4 rings (SSSR count). The number of anilines is 1. The Labute approximate surface area is 149 Å². The monoisotopic (exact) mass is 351 g/mol. The van der Waals surface area contributed by atoms with Gasteiger partial charge in [0.15, 0.2) is 0 Å². The maximum absolute atomic E-state index is 13.5. The summed E-state index contributed by atoms with van der Waals surface area (Å²) in [6.45, 7) is 0.858. The highest BCUT2D eigenvalue weighted by Crippen LogP contribution is 2.26. The summed E-state index contributed by atoms with van der Waals surface area (Å²) in [5.41, 5.74) is 1.89. The van der Waals surface area contributed by atoms with Crippen LogP contribution in [0.2, 0.25) is 0 Å². The van der Waals surface area contributed by atoms with Gasteiger partial charge in [0, 0.05) is 23.6 Å². The first-order valence-electron chi connectivity index (χ1n) is 8.18. The van der Waals surface area contributed by atoms with E-state index in [2.05, 4.69) is 15.3 Å². The lowest BCUT2D eigenvalue weighted by atomic mass is 10.1. The number of halogens is 1. The number of amides is 2. The van der Waals surface area contributed by atoms with Crippen LogP contribution in [0.25, 0.3) is 11.3 Å². The van der Waals surface area contributed by atoms with E-state index in [0.29, 0.717) is 46.6 Å². The summed E-state index contributed by atoms with van der Waals surface area (Å²) in [4.78, 5) is 21.8. The van der Waals surface area contributed by atoms with Crippen molar-refractivity contribution in [1.82, 2.24) is 9.97 Å². The second kappa shape index (κ2) is 6.89. The third-order valence-corrected chi connectivity index (χ3v) is 4.09. The van der Waals surface area contributed by atoms with Gasteiger partial charge in [-0.2, -0.15) is 9.88 Å². The van der Waals surface area contributed by atoms with E-state index in [1.165, 1.54) is 12.1 Å². The fourth-order valence-corrected chi connectivity index (χ4v) is 2.83. The molecule has 1 aliphatic heterocycles. The molecule has 1 atom stereocenters. The third-order valence-electron chi connectivity index (χ3n) is 4.09. The molecule has 1 aromatic carbocycles. The molecule has 1 aliphatic rings. The summed E-state index contributed by atoms with van der Waals surface area (Å²) in [6, 6.07) is 12.9. The molecule has 1 unspecified atom stereocenters. The van der Waals surface area contributed by atoms with Gasteiger partial charge in [-0.1, -0.05) is 12.1 Å². The van der Waals surface area contributed by atoms with E-state index in [0.717, 1.165) is 0 Å². The first-order valence-corrected chi connectivity index (χ1v) is 8.18. The molecule has 26 heavy (non-hydrogen) atoms. The zero-order chi connectivity index (χ0) is 17.9. The molecule has 6 nitrogen and oxygen atoms in total. The number of hydrogen-bond donors (Lipinski definition) is 2. The van der Waals surface area contributed by atoms with Gasteiger partial charge in [0.1, 0.15) is 19.0 Å². The molecule has 3 heterocycles. The fraction of sp³-hybridized carbons (Fsp3) is 0.105. The summed E-state index contributed by atoms with van der Waals surface area (Å²) >= 11 is 0. The number of rotatable bonds is 2. The van der Waals surface area contributed by atoms with Crippen LogP contribution < -0.4 is 15.0 Å². The van der Waals surface area contributed by atoms with Gasteiger partial charge in [-0.25, -0.2) is 9.18 Å². The number of aromatic nitrogens is 2. The smallest absolute Gasteiger partial charge is 0.425 e. The van der Waals surface area contributed by atoms with Gasteiger partial charge in [-0.3, -0.25) is 10.3 Å². The van der Waals surface area contributed by atoms with Crippen LogP contribution in [0.5, 0.6) is 5.75 Å².